The van der Waals surface area contributed by atoms with Gasteiger partial charge >= 0.3 is 5.97 Å². The number of ether oxygens (including phenoxy) is 1. The normalized spacial score (nSPS) is 12.1. The summed E-state index contributed by atoms with van der Waals surface area (Å²) in [7, 11) is 0. The number of hydrogen-bond acceptors (Lipinski definition) is 2. The minimum Gasteiger partial charge on any atom is -0.465 e. The molecule has 0 aliphatic heterocycles. The third-order valence-electron chi connectivity index (χ3n) is 3.52. The number of unbranched alkanes of at least 4 members (excludes halogenated alkanes) is 1. The molecule has 2 heteroatoms. The van der Waals surface area contributed by atoms with Crippen LogP contribution in [0.2, 0.25) is 0 Å². The van der Waals surface area contributed by atoms with Gasteiger partial charge in [-0.1, -0.05) is 69.9 Å². The molecule has 0 spiro atoms. The van der Waals surface area contributed by atoms with Gasteiger partial charge in [0.05, 0.1) is 13.0 Å². The Hall–Kier alpha value is -1.31. The Balaban J connectivity index is 2.19. The van der Waals surface area contributed by atoms with Gasteiger partial charge in [-0.15, -0.1) is 0 Å². The van der Waals surface area contributed by atoms with Gasteiger partial charge in [-0.2, -0.15) is 0 Å². The van der Waals surface area contributed by atoms with E-state index >= 15 is 0 Å². The number of carbonyl (C=O) groups is 1. The van der Waals surface area contributed by atoms with Crippen LogP contribution < -0.4 is 0 Å². The summed E-state index contributed by atoms with van der Waals surface area (Å²) in [6, 6.07) is 9.75. The van der Waals surface area contributed by atoms with Crippen molar-refractivity contribution in [3.05, 3.63) is 35.9 Å². The molecule has 0 heterocycles. The largest absolute Gasteiger partial charge is 0.465 e. The van der Waals surface area contributed by atoms with Crippen LogP contribution in [0, 0.1) is 5.92 Å². The van der Waals surface area contributed by atoms with Gasteiger partial charge in [0.25, 0.3) is 0 Å². The summed E-state index contributed by atoms with van der Waals surface area (Å²) in [4.78, 5) is 11.7. The van der Waals surface area contributed by atoms with Gasteiger partial charge in [0.15, 0.2) is 0 Å². The monoisotopic (exact) mass is 262 g/mol. The van der Waals surface area contributed by atoms with Gasteiger partial charge < -0.3 is 4.74 Å². The molecule has 0 N–H and O–H groups in total. The second-order valence-corrected chi connectivity index (χ2v) is 5.09. The predicted molar refractivity (Wildman–Crippen MR) is 79.0 cm³/mol. The lowest BCUT2D eigenvalue weighted by Gasteiger charge is -2.14. The topological polar surface area (TPSA) is 26.3 Å². The molecule has 0 fully saturated rings. The van der Waals surface area contributed by atoms with Crippen molar-refractivity contribution in [1.82, 2.24) is 0 Å². The van der Waals surface area contributed by atoms with Crippen LogP contribution >= 0.6 is 0 Å². The molecule has 0 amide bonds. The van der Waals surface area contributed by atoms with Crippen LogP contribution in [0.15, 0.2) is 30.3 Å². The van der Waals surface area contributed by atoms with E-state index in [4.69, 9.17) is 4.74 Å². The van der Waals surface area contributed by atoms with Crippen molar-refractivity contribution in [3.8, 4) is 0 Å². The summed E-state index contributed by atoms with van der Waals surface area (Å²) in [6.45, 7) is 4.99. The summed E-state index contributed by atoms with van der Waals surface area (Å²) in [5.74, 6) is 0.584. The fraction of sp³-hybridized carbons (Fsp3) is 0.588. The molecule has 0 saturated heterocycles. The third kappa shape index (κ3) is 7.00. The molecule has 0 saturated carbocycles. The maximum Gasteiger partial charge on any atom is 0.310 e. The van der Waals surface area contributed by atoms with Gasteiger partial charge in [-0.25, -0.2) is 0 Å². The van der Waals surface area contributed by atoms with Crippen molar-refractivity contribution in [2.75, 3.05) is 6.61 Å². The summed E-state index contributed by atoms with van der Waals surface area (Å²) in [5.41, 5.74) is 1.02. The Kier molecular flexibility index (Phi) is 7.95. The molecule has 2 nitrogen and oxygen atoms in total. The van der Waals surface area contributed by atoms with Gasteiger partial charge in [0.2, 0.25) is 0 Å². The summed E-state index contributed by atoms with van der Waals surface area (Å²) < 4.78 is 5.32. The minimum absolute atomic E-state index is 0.114. The van der Waals surface area contributed by atoms with Crippen molar-refractivity contribution in [2.24, 2.45) is 5.92 Å². The molecular weight excluding hydrogens is 236 g/mol. The van der Waals surface area contributed by atoms with Crippen LogP contribution in [0.3, 0.4) is 0 Å². The molecule has 106 valence electrons. The molecule has 1 unspecified atom stereocenters. The predicted octanol–water partition coefficient (Wildman–Crippen LogP) is 4.38. The lowest BCUT2D eigenvalue weighted by atomic mass is 9.96. The highest BCUT2D eigenvalue weighted by atomic mass is 16.5. The number of hydrogen-bond donors (Lipinski definition) is 0. The second-order valence-electron chi connectivity index (χ2n) is 5.09. The Bertz CT molecular complexity index is 346. The first kappa shape index (κ1) is 15.7. The highest BCUT2D eigenvalue weighted by molar-refractivity contribution is 5.72. The van der Waals surface area contributed by atoms with Crippen LogP contribution in [-0.4, -0.2) is 12.6 Å². The second kappa shape index (κ2) is 9.60. The smallest absolute Gasteiger partial charge is 0.310 e. The molecule has 0 aliphatic carbocycles. The van der Waals surface area contributed by atoms with E-state index < -0.39 is 0 Å². The molecule has 1 aromatic rings. The van der Waals surface area contributed by atoms with E-state index in [-0.39, 0.29) is 5.97 Å². The van der Waals surface area contributed by atoms with Gasteiger partial charge in [-0.05, 0) is 17.9 Å². The maximum atomic E-state index is 11.7. The molecule has 1 aromatic carbocycles. The highest BCUT2D eigenvalue weighted by Crippen LogP contribution is 2.16. The average Bonchev–Trinajstić information content (AvgIpc) is 2.43. The van der Waals surface area contributed by atoms with Gasteiger partial charge in [0, 0.05) is 0 Å². The van der Waals surface area contributed by atoms with Gasteiger partial charge in [0.1, 0.15) is 0 Å². The summed E-state index contributed by atoms with van der Waals surface area (Å²) in [6.07, 6.45) is 6.32. The molecule has 1 rings (SSSR count). The molecule has 19 heavy (non-hydrogen) atoms. The van der Waals surface area contributed by atoms with Crippen molar-refractivity contribution in [1.29, 1.82) is 0 Å². The van der Waals surface area contributed by atoms with Crippen molar-refractivity contribution in [2.45, 2.75) is 52.4 Å². The SMILES string of the molecule is CCCCC(CC)CCOC(=O)Cc1ccccc1. The Labute approximate surface area is 117 Å². The Morgan fingerprint density at radius 3 is 2.53 bits per heavy atom. The van der Waals surface area contributed by atoms with Crippen molar-refractivity contribution in [3.63, 3.8) is 0 Å². The first-order valence-electron chi connectivity index (χ1n) is 7.45. The van der Waals surface area contributed by atoms with Crippen LogP contribution in [0.25, 0.3) is 0 Å². The highest BCUT2D eigenvalue weighted by Gasteiger charge is 2.08. The first-order chi connectivity index (χ1) is 9.26. The molecule has 1 atom stereocenters. The lowest BCUT2D eigenvalue weighted by molar-refractivity contribution is -0.143. The van der Waals surface area contributed by atoms with E-state index in [1.165, 1.54) is 25.7 Å². The fourth-order valence-corrected chi connectivity index (χ4v) is 2.20. The lowest BCUT2D eigenvalue weighted by Crippen LogP contribution is -2.12. The first-order valence-corrected chi connectivity index (χ1v) is 7.45. The van der Waals surface area contributed by atoms with E-state index in [2.05, 4.69) is 13.8 Å². The number of esters is 1. The number of benzene rings is 1. The standard InChI is InChI=1S/C17H26O2/c1-3-5-9-15(4-2)12-13-19-17(18)14-16-10-7-6-8-11-16/h6-8,10-11,15H,3-5,9,12-14H2,1-2H3. The molecule has 0 aromatic heterocycles. The third-order valence-corrected chi connectivity index (χ3v) is 3.52. The molecule has 0 radical (unpaired) electrons. The van der Waals surface area contributed by atoms with Crippen LogP contribution in [0.1, 0.15) is 51.5 Å². The zero-order chi connectivity index (χ0) is 13.9. The maximum absolute atomic E-state index is 11.7. The summed E-state index contributed by atoms with van der Waals surface area (Å²) >= 11 is 0. The molecular formula is C17H26O2. The fourth-order valence-electron chi connectivity index (χ4n) is 2.20. The zero-order valence-corrected chi connectivity index (χ0v) is 12.2. The van der Waals surface area contributed by atoms with Crippen LogP contribution in [0.4, 0.5) is 0 Å². The van der Waals surface area contributed by atoms with E-state index in [0.717, 1.165) is 12.0 Å². The van der Waals surface area contributed by atoms with Crippen molar-refractivity contribution >= 4 is 5.97 Å². The van der Waals surface area contributed by atoms with Crippen LogP contribution in [-0.2, 0) is 16.0 Å². The minimum atomic E-state index is -0.114. The van der Waals surface area contributed by atoms with Crippen LogP contribution in [0.5, 0.6) is 0 Å². The Morgan fingerprint density at radius 1 is 1.16 bits per heavy atom. The summed E-state index contributed by atoms with van der Waals surface area (Å²) in [5, 5.41) is 0. The number of rotatable bonds is 9. The molecule has 0 bridgehead atoms. The quantitative estimate of drug-likeness (QED) is 0.617. The number of carbonyl (C=O) groups excluding carboxylic acids is 1. The molecule has 0 aliphatic rings. The van der Waals surface area contributed by atoms with E-state index in [0.29, 0.717) is 18.9 Å². The van der Waals surface area contributed by atoms with Gasteiger partial charge in [-0.3, -0.25) is 4.79 Å². The average molecular weight is 262 g/mol. The Morgan fingerprint density at radius 2 is 1.89 bits per heavy atom. The van der Waals surface area contributed by atoms with E-state index in [9.17, 15) is 4.79 Å². The van der Waals surface area contributed by atoms with E-state index in [1.807, 2.05) is 30.3 Å². The van der Waals surface area contributed by atoms with E-state index in [1.54, 1.807) is 0 Å². The van der Waals surface area contributed by atoms with Crippen molar-refractivity contribution < 1.29 is 9.53 Å². The zero-order valence-electron chi connectivity index (χ0n) is 12.2.